The van der Waals surface area contributed by atoms with Crippen LogP contribution >= 0.6 is 0 Å². The maximum absolute atomic E-state index is 14.9. The number of nitrogens with two attached hydrogens (primary N) is 2. The van der Waals surface area contributed by atoms with Gasteiger partial charge in [-0.2, -0.15) is 10.1 Å². The summed E-state index contributed by atoms with van der Waals surface area (Å²) in [4.78, 5) is 113. The van der Waals surface area contributed by atoms with Crippen molar-refractivity contribution in [3.8, 4) is 33.6 Å². The highest BCUT2D eigenvalue weighted by Gasteiger charge is 2.53. The molecule has 2 amide bonds. The number of aromatic nitrogens is 13. The number of piperazine rings is 1. The second kappa shape index (κ2) is 47.9. The number of unbranched alkanes of at least 4 members (excludes halogenated alkanes) is 1. The number of Topliss-reactive ketones (excluding diaryl/α,β-unsaturated/α-hetero) is 3. The Morgan fingerprint density at radius 3 is 2.25 bits per heavy atom. The molecule has 718 valence electrons. The van der Waals surface area contributed by atoms with Gasteiger partial charge in [-0.25, -0.2) is 38.8 Å². The predicted molar refractivity (Wildman–Crippen MR) is 495 cm³/mol. The molecule has 1 saturated carbocycles. The van der Waals surface area contributed by atoms with Gasteiger partial charge in [-0.3, -0.25) is 28.9 Å². The number of esters is 1. The first-order valence-corrected chi connectivity index (χ1v) is 46.8. The van der Waals surface area contributed by atoms with Crippen LogP contribution in [0.5, 0.6) is 0 Å². The molecule has 15 atom stereocenters. The van der Waals surface area contributed by atoms with E-state index in [1.165, 1.54) is 17.3 Å². The number of methoxy groups -OCH3 is 2. The lowest BCUT2D eigenvalue weighted by Gasteiger charge is -2.42. The summed E-state index contributed by atoms with van der Waals surface area (Å²) in [6, 6.07) is 12.3. The number of amides is 2. The van der Waals surface area contributed by atoms with E-state index in [9.17, 15) is 44.1 Å². The van der Waals surface area contributed by atoms with Gasteiger partial charge >= 0.3 is 5.97 Å². The Kier molecular flexibility index (Phi) is 35.9. The van der Waals surface area contributed by atoms with E-state index in [1.807, 2.05) is 105 Å². The van der Waals surface area contributed by atoms with Crippen LogP contribution in [0.25, 0.3) is 55.8 Å². The number of aryl methyl sites for hydroxylation is 1. The number of benzene rings is 2. The Labute approximate surface area is 775 Å². The van der Waals surface area contributed by atoms with Crippen LogP contribution in [-0.2, 0) is 86.3 Å². The number of carbonyl (C=O) groups excluding carboxylic acids is 6. The van der Waals surface area contributed by atoms with Crippen LogP contribution in [-0.4, -0.2) is 280 Å². The first kappa shape index (κ1) is 99.6. The highest BCUT2D eigenvalue weighted by molar-refractivity contribution is 6.39. The monoisotopic (exact) mass is 1840 g/mol. The lowest BCUT2D eigenvalue weighted by molar-refractivity contribution is -0.265. The number of nitrogens with zero attached hydrogens (tertiary/aromatic N) is 16. The summed E-state index contributed by atoms with van der Waals surface area (Å²) in [6.45, 7) is 20.8. The zero-order valence-corrected chi connectivity index (χ0v) is 77.9. The van der Waals surface area contributed by atoms with Crippen LogP contribution in [0.1, 0.15) is 157 Å². The summed E-state index contributed by atoms with van der Waals surface area (Å²) < 4.78 is 58.7. The maximum Gasteiger partial charge on any atom is 0.329 e. The molecular formula is C96H131N19O18. The first-order valence-electron chi connectivity index (χ1n) is 46.8. The quantitative estimate of drug-likeness (QED) is 0.00989. The molecule has 37 nitrogen and oxygen atoms in total. The lowest BCUT2D eigenvalue weighted by atomic mass is 9.77. The highest BCUT2D eigenvalue weighted by atomic mass is 16.6. The second-order valence-corrected chi connectivity index (χ2v) is 36.1. The average Bonchev–Trinajstić information content (AvgIpc) is 1.62. The van der Waals surface area contributed by atoms with Gasteiger partial charge in [0.25, 0.3) is 17.7 Å². The third kappa shape index (κ3) is 26.2. The highest BCUT2D eigenvalue weighted by Crippen LogP contribution is 2.43. The van der Waals surface area contributed by atoms with Gasteiger partial charge in [0.05, 0.1) is 107 Å². The molecule has 1 unspecified atom stereocenters. The first-order chi connectivity index (χ1) is 64.2. The summed E-state index contributed by atoms with van der Waals surface area (Å²) in [7, 11) is 3.25. The van der Waals surface area contributed by atoms with Crippen molar-refractivity contribution in [2.24, 2.45) is 35.5 Å². The minimum absolute atomic E-state index is 0.0233. The molecule has 133 heavy (non-hydrogen) atoms. The van der Waals surface area contributed by atoms with Crippen molar-refractivity contribution >= 4 is 75.0 Å². The van der Waals surface area contributed by atoms with Crippen LogP contribution in [0.4, 0.5) is 17.8 Å². The Balaban J connectivity index is 0.527. The van der Waals surface area contributed by atoms with Crippen molar-refractivity contribution in [3.05, 3.63) is 127 Å². The number of oxazole rings is 1. The molecule has 8 aromatic rings. The van der Waals surface area contributed by atoms with Gasteiger partial charge < -0.3 is 84.2 Å². The largest absolute Gasteiger partial charge is 0.460 e. The van der Waals surface area contributed by atoms with Crippen molar-refractivity contribution in [2.45, 2.75) is 219 Å². The van der Waals surface area contributed by atoms with E-state index in [0.717, 1.165) is 84.7 Å². The number of ether oxygens (including phenoxy) is 8. The predicted octanol–water partition coefficient (Wildman–Crippen LogP) is 9.20. The molecule has 10 heterocycles. The molecule has 3 saturated heterocycles. The molecule has 1 aliphatic carbocycles. The Hall–Kier alpha value is -10.8. The van der Waals surface area contributed by atoms with E-state index in [0.29, 0.717) is 163 Å². The standard InChI is InChI=1S/C96H131N19O18/c1-60-18-11-10-12-19-61(2)80(125-8)52-73-26-23-66(7)96(124,133-73)89(121)92(122)113-31-15-13-22-76(113)93(123)131-81(53-78(116)62(3)47-65(6)87(119)88(120)86(118)64(5)46-60)63(4)48-67-24-27-75(82(49-67)126-9)115-77(56-104-108-115)69-21-17-20-68(50-69)71-54-100-95(101-55-71)111-35-33-110(34-36-111)57-72-58-112(109-106-72)37-39-128-41-43-130-45-44-129-42-40-127-38-29-83(117)99-30-14-16-32-114-91-84(90(97)102-59-103-91)85(107-114)70-25-28-79-74(51-70)105-94(98)132-79/h10-12,17-21,25,28,47,50-51,54-56,58-60,62-64,66-67,73,75-76,80-82,87-88,119-120,124H,13-16,22-24,26-27,29-46,48-49,52-53,57H2,1-9H3,(H2,98,105)(H,99,117)(H2,97,102,103)/b12-10+,18-11+,61-19+,65-47+/t60-,62-,63-,64-,66-,67+,73+,75+,76+,80+,81?,82-,87-,88+,96-/m1/s1. The molecule has 13 rings (SSSR count). The van der Waals surface area contributed by atoms with Gasteiger partial charge in [0.1, 0.15) is 53.5 Å². The molecule has 5 aliphatic rings. The van der Waals surface area contributed by atoms with E-state index in [4.69, 9.17) is 68.8 Å². The van der Waals surface area contributed by atoms with Crippen LogP contribution in [0.3, 0.4) is 0 Å². The number of fused-ring (bicyclic) bond motifs is 5. The molecule has 0 radical (unpaired) electrons. The molecule has 4 fully saturated rings. The van der Waals surface area contributed by atoms with Crippen LogP contribution < -0.4 is 21.7 Å². The molecule has 2 bridgehead atoms. The Morgan fingerprint density at radius 1 is 0.737 bits per heavy atom. The van der Waals surface area contributed by atoms with E-state index >= 15 is 0 Å². The second-order valence-electron chi connectivity index (χ2n) is 36.1. The van der Waals surface area contributed by atoms with Crippen molar-refractivity contribution in [3.63, 3.8) is 0 Å². The minimum Gasteiger partial charge on any atom is -0.460 e. The van der Waals surface area contributed by atoms with Crippen LogP contribution in [0.15, 0.2) is 126 Å². The number of rotatable bonds is 32. The van der Waals surface area contributed by atoms with E-state index in [-0.39, 0.29) is 86.1 Å². The van der Waals surface area contributed by atoms with E-state index < -0.39 is 89.5 Å². The van der Waals surface area contributed by atoms with Gasteiger partial charge in [-0.05, 0) is 150 Å². The zero-order chi connectivity index (χ0) is 94.2. The van der Waals surface area contributed by atoms with Crippen LogP contribution in [0.2, 0.25) is 0 Å². The molecule has 4 aliphatic heterocycles. The van der Waals surface area contributed by atoms with E-state index in [1.54, 1.807) is 63.5 Å². The van der Waals surface area contributed by atoms with Crippen LogP contribution in [0, 0.1) is 35.5 Å². The fourth-order valence-electron chi connectivity index (χ4n) is 18.5. The summed E-state index contributed by atoms with van der Waals surface area (Å²) in [6.07, 6.45) is 20.6. The number of hydrogen-bond acceptors (Lipinski definition) is 32. The SMILES string of the molecule is CO[C@H]1C[C@@H]2CC[C@@H](C)[C@@](O)(O2)C(=O)C(=O)N2CCCC[C@H]2C(=O)OC([C@H](C)C[C@@H]2CC[C@H](n3nncc3-c3cccc(-c4cnc(N5CCN(Cc6cn(CCOCCOCCOCCOCCC(=O)NCCCCn7nc(-c8ccc9oc(N)nc9c8)c8c(N)ncnc87)nn6)CC5)nc4)c3)[C@H](OC)C2)CC(=O)[C@H](C)/C=C(\C)[C@@H](O)[C@@H](O)C(=O)[C@H](C)C[C@H](C)/C=C/C=C/C=C/1C. The number of aliphatic hydroxyl groups excluding tert-OH is 2. The third-order valence-corrected chi connectivity index (χ3v) is 26.3. The summed E-state index contributed by atoms with van der Waals surface area (Å²) >= 11 is 0. The Bertz CT molecular complexity index is 5330. The number of carbonyl (C=O) groups is 6. The molecule has 8 N–H and O–H groups in total. The smallest absolute Gasteiger partial charge is 0.329 e. The van der Waals surface area contributed by atoms with E-state index in [2.05, 4.69) is 56.8 Å². The number of ketones is 3. The number of hydrogen-bond donors (Lipinski definition) is 6. The number of piperidine rings is 1. The van der Waals surface area contributed by atoms with Crippen molar-refractivity contribution in [1.82, 2.24) is 79.8 Å². The topological polar surface area (TPSA) is 468 Å². The average molecular weight is 1840 g/mol. The summed E-state index contributed by atoms with van der Waals surface area (Å²) in [5.74, 6) is -8.20. The number of allylic oxidation sites excluding steroid dienone is 6. The van der Waals surface area contributed by atoms with Gasteiger partial charge in [-0.15, -0.1) is 10.2 Å². The van der Waals surface area contributed by atoms with Crippen molar-refractivity contribution in [2.75, 3.05) is 123 Å². The summed E-state index contributed by atoms with van der Waals surface area (Å²) in [5.41, 5.74) is 20.6. The number of nitrogen functional groups attached to an aromatic ring is 2. The molecule has 0 spiro atoms. The number of nitrogens with one attached hydrogen (secondary N) is 1. The minimum atomic E-state index is -2.49. The third-order valence-electron chi connectivity index (χ3n) is 26.3. The van der Waals surface area contributed by atoms with Crippen molar-refractivity contribution in [1.29, 1.82) is 0 Å². The number of cyclic esters (lactones) is 1. The zero-order valence-electron chi connectivity index (χ0n) is 77.9. The van der Waals surface area contributed by atoms with Gasteiger partial charge in [0.15, 0.2) is 17.0 Å². The van der Waals surface area contributed by atoms with Gasteiger partial charge in [-0.1, -0.05) is 99.7 Å². The summed E-state index contributed by atoms with van der Waals surface area (Å²) in [5, 5.41) is 61.3. The lowest BCUT2D eigenvalue weighted by Crippen LogP contribution is -2.61. The fourth-order valence-corrected chi connectivity index (χ4v) is 18.5. The normalized spacial score (nSPS) is 26.7. The maximum atomic E-state index is 14.9. The Morgan fingerprint density at radius 2 is 1.49 bits per heavy atom. The van der Waals surface area contributed by atoms with Gasteiger partial charge in [0, 0.05) is 139 Å². The number of aliphatic hydroxyl groups is 3. The van der Waals surface area contributed by atoms with Crippen molar-refractivity contribution < 1.29 is 86.4 Å². The molecule has 2 aromatic carbocycles. The number of anilines is 3. The molecular weight excluding hydrogens is 1710 g/mol. The molecule has 37 heteroatoms. The molecule has 6 aromatic heterocycles. The fraction of sp³-hybridized carbons (Fsp3) is 0.583. The van der Waals surface area contributed by atoms with Gasteiger partial charge in [0.2, 0.25) is 17.6 Å².